The molecule has 0 radical (unpaired) electrons. The van der Waals surface area contributed by atoms with E-state index in [1.54, 1.807) is 0 Å². The molecule has 2 unspecified atom stereocenters. The number of carbonyl (C=O) groups is 2. The van der Waals surface area contributed by atoms with Crippen LogP contribution in [0.4, 0.5) is 0 Å². The smallest absolute Gasteiger partial charge is 0.235 e. The minimum absolute atomic E-state index is 0.0383. The first kappa shape index (κ1) is 13.9. The van der Waals surface area contributed by atoms with Crippen LogP contribution in [0.2, 0.25) is 0 Å². The second kappa shape index (κ2) is 5.05. The predicted molar refractivity (Wildman–Crippen MR) is 76.9 cm³/mol. The first-order chi connectivity index (χ1) is 9.53. The summed E-state index contributed by atoms with van der Waals surface area (Å²) in [7, 11) is 0. The molecular weight excluding hydrogens is 252 g/mol. The van der Waals surface area contributed by atoms with Crippen molar-refractivity contribution < 1.29 is 9.59 Å². The SMILES string of the molecule is CC(NC(=O)C1(C(=O)NC(C)C2CC2)CCC1)C1CC1. The molecule has 2 N–H and O–H groups in total. The summed E-state index contributed by atoms with van der Waals surface area (Å²) in [6, 6.07) is 0.433. The summed E-state index contributed by atoms with van der Waals surface area (Å²) >= 11 is 0. The van der Waals surface area contributed by atoms with Crippen LogP contribution in [0.25, 0.3) is 0 Å². The first-order valence-corrected chi connectivity index (χ1v) is 8.15. The molecule has 0 aliphatic heterocycles. The molecule has 3 saturated carbocycles. The van der Waals surface area contributed by atoms with Crippen molar-refractivity contribution in [3.05, 3.63) is 0 Å². The van der Waals surface area contributed by atoms with E-state index in [-0.39, 0.29) is 23.9 Å². The lowest BCUT2D eigenvalue weighted by Gasteiger charge is -2.40. The van der Waals surface area contributed by atoms with Crippen molar-refractivity contribution in [2.45, 2.75) is 70.9 Å². The Balaban J connectivity index is 1.59. The number of hydrogen-bond acceptors (Lipinski definition) is 2. The fraction of sp³-hybridized carbons (Fsp3) is 0.875. The van der Waals surface area contributed by atoms with Gasteiger partial charge in [0.1, 0.15) is 5.41 Å². The molecule has 0 aromatic carbocycles. The monoisotopic (exact) mass is 278 g/mol. The molecule has 2 atom stereocenters. The average Bonchev–Trinajstić information content (AvgIpc) is 3.18. The van der Waals surface area contributed by atoms with Gasteiger partial charge in [-0.15, -0.1) is 0 Å². The summed E-state index contributed by atoms with van der Waals surface area (Å²) in [6.45, 7) is 4.12. The van der Waals surface area contributed by atoms with E-state index in [1.165, 1.54) is 25.7 Å². The maximum absolute atomic E-state index is 12.5. The Morgan fingerprint density at radius 1 is 0.900 bits per heavy atom. The van der Waals surface area contributed by atoms with Crippen LogP contribution in [0, 0.1) is 17.3 Å². The highest BCUT2D eigenvalue weighted by atomic mass is 16.2. The van der Waals surface area contributed by atoms with Gasteiger partial charge in [0.25, 0.3) is 0 Å². The molecule has 112 valence electrons. The molecule has 2 amide bonds. The fourth-order valence-corrected chi connectivity index (χ4v) is 3.21. The Kier molecular flexibility index (Phi) is 3.51. The van der Waals surface area contributed by atoms with Gasteiger partial charge in [-0.3, -0.25) is 9.59 Å². The summed E-state index contributed by atoms with van der Waals surface area (Å²) in [5.74, 6) is 1.18. The molecule has 4 nitrogen and oxygen atoms in total. The largest absolute Gasteiger partial charge is 0.352 e. The number of nitrogens with one attached hydrogen (secondary N) is 2. The Morgan fingerprint density at radius 3 is 1.55 bits per heavy atom. The molecule has 0 saturated heterocycles. The minimum Gasteiger partial charge on any atom is -0.352 e. The highest BCUT2D eigenvalue weighted by Crippen LogP contribution is 2.43. The van der Waals surface area contributed by atoms with Gasteiger partial charge in [-0.25, -0.2) is 0 Å². The van der Waals surface area contributed by atoms with E-state index in [9.17, 15) is 9.59 Å². The van der Waals surface area contributed by atoms with Gasteiger partial charge in [0.2, 0.25) is 11.8 Å². The molecular formula is C16H26N2O2. The molecule has 0 heterocycles. The van der Waals surface area contributed by atoms with Crippen LogP contribution in [-0.4, -0.2) is 23.9 Å². The Morgan fingerprint density at radius 2 is 1.30 bits per heavy atom. The van der Waals surface area contributed by atoms with Crippen molar-refractivity contribution in [2.75, 3.05) is 0 Å². The maximum Gasteiger partial charge on any atom is 0.235 e. The van der Waals surface area contributed by atoms with E-state index >= 15 is 0 Å². The van der Waals surface area contributed by atoms with Crippen molar-refractivity contribution in [1.29, 1.82) is 0 Å². The zero-order valence-electron chi connectivity index (χ0n) is 12.6. The van der Waals surface area contributed by atoms with Crippen LogP contribution in [-0.2, 0) is 9.59 Å². The van der Waals surface area contributed by atoms with Gasteiger partial charge in [-0.1, -0.05) is 6.42 Å². The first-order valence-electron chi connectivity index (χ1n) is 8.15. The third-order valence-corrected chi connectivity index (χ3v) is 5.45. The van der Waals surface area contributed by atoms with Crippen molar-refractivity contribution in [3.63, 3.8) is 0 Å². The lowest BCUT2D eigenvalue weighted by atomic mass is 9.67. The zero-order chi connectivity index (χ0) is 14.3. The molecule has 3 fully saturated rings. The standard InChI is InChI=1S/C16H26N2O2/c1-10(12-4-5-12)17-14(19)16(8-3-9-16)15(20)18-11(2)13-6-7-13/h10-13H,3-9H2,1-2H3,(H,17,19)(H,18,20). The Bertz CT molecular complexity index is 375. The van der Waals surface area contributed by atoms with Crippen LogP contribution < -0.4 is 10.6 Å². The van der Waals surface area contributed by atoms with Crippen LogP contribution in [0.3, 0.4) is 0 Å². The minimum atomic E-state index is -0.772. The van der Waals surface area contributed by atoms with E-state index in [2.05, 4.69) is 24.5 Å². The average molecular weight is 278 g/mol. The summed E-state index contributed by atoms with van der Waals surface area (Å²) in [5.41, 5.74) is -0.772. The van der Waals surface area contributed by atoms with Gasteiger partial charge in [0, 0.05) is 12.1 Å². The number of hydrogen-bond donors (Lipinski definition) is 2. The fourth-order valence-electron chi connectivity index (χ4n) is 3.21. The van der Waals surface area contributed by atoms with Gasteiger partial charge in [0.15, 0.2) is 0 Å². The zero-order valence-corrected chi connectivity index (χ0v) is 12.6. The van der Waals surface area contributed by atoms with E-state index < -0.39 is 5.41 Å². The van der Waals surface area contributed by atoms with Gasteiger partial charge < -0.3 is 10.6 Å². The second-order valence-corrected chi connectivity index (χ2v) is 7.13. The molecule has 3 rings (SSSR count). The lowest BCUT2D eigenvalue weighted by Crippen LogP contribution is -2.58. The highest BCUT2D eigenvalue weighted by Gasteiger charge is 2.52. The van der Waals surface area contributed by atoms with Gasteiger partial charge >= 0.3 is 0 Å². The molecule has 0 aromatic heterocycles. The molecule has 3 aliphatic rings. The maximum atomic E-state index is 12.5. The van der Waals surface area contributed by atoms with Crippen molar-refractivity contribution in [1.82, 2.24) is 10.6 Å². The lowest BCUT2D eigenvalue weighted by molar-refractivity contribution is -0.150. The quantitative estimate of drug-likeness (QED) is 0.730. The van der Waals surface area contributed by atoms with Crippen molar-refractivity contribution >= 4 is 11.8 Å². The van der Waals surface area contributed by atoms with E-state index in [4.69, 9.17) is 0 Å². The summed E-state index contributed by atoms with van der Waals surface area (Å²) < 4.78 is 0. The molecule has 0 spiro atoms. The van der Waals surface area contributed by atoms with Crippen LogP contribution in [0.5, 0.6) is 0 Å². The molecule has 0 aromatic rings. The van der Waals surface area contributed by atoms with Gasteiger partial charge in [0.05, 0.1) is 0 Å². The highest BCUT2D eigenvalue weighted by molar-refractivity contribution is 6.06. The van der Waals surface area contributed by atoms with Gasteiger partial charge in [-0.2, -0.15) is 0 Å². The summed E-state index contributed by atoms with van der Waals surface area (Å²) in [4.78, 5) is 25.1. The van der Waals surface area contributed by atoms with E-state index in [0.717, 1.165) is 6.42 Å². The summed E-state index contributed by atoms with van der Waals surface area (Å²) in [5, 5.41) is 6.17. The van der Waals surface area contributed by atoms with Crippen molar-refractivity contribution in [3.8, 4) is 0 Å². The predicted octanol–water partition coefficient (Wildman–Crippen LogP) is 1.99. The second-order valence-electron chi connectivity index (χ2n) is 7.13. The third-order valence-electron chi connectivity index (χ3n) is 5.45. The third kappa shape index (κ3) is 2.57. The summed E-state index contributed by atoms with van der Waals surface area (Å²) in [6.07, 6.45) is 7.23. The molecule has 4 heteroatoms. The number of rotatable bonds is 6. The van der Waals surface area contributed by atoms with Crippen LogP contribution >= 0.6 is 0 Å². The van der Waals surface area contributed by atoms with E-state index in [0.29, 0.717) is 24.7 Å². The molecule has 3 aliphatic carbocycles. The van der Waals surface area contributed by atoms with E-state index in [1.807, 2.05) is 0 Å². The van der Waals surface area contributed by atoms with Crippen LogP contribution in [0.15, 0.2) is 0 Å². The Hall–Kier alpha value is -1.06. The van der Waals surface area contributed by atoms with Gasteiger partial charge in [-0.05, 0) is 64.2 Å². The Labute approximate surface area is 121 Å². The topological polar surface area (TPSA) is 58.2 Å². The molecule has 20 heavy (non-hydrogen) atoms. The molecule has 0 bridgehead atoms. The number of carbonyl (C=O) groups excluding carboxylic acids is 2. The van der Waals surface area contributed by atoms with Crippen LogP contribution in [0.1, 0.15) is 58.8 Å². The van der Waals surface area contributed by atoms with Crippen molar-refractivity contribution in [2.24, 2.45) is 17.3 Å². The normalized spacial score (nSPS) is 27.1. The number of amides is 2.